The Hall–Kier alpha value is -0.860. The highest BCUT2D eigenvalue weighted by atomic mass is 16.3. The molecule has 0 heterocycles. The number of hydrogen-bond donors (Lipinski definition) is 2. The predicted octanol–water partition coefficient (Wildman–Crippen LogP) is 2.13. The molecular weight excluding hydrogens is 198 g/mol. The second-order valence-electron chi connectivity index (χ2n) is 5.06. The predicted molar refractivity (Wildman–Crippen MR) is 68.9 cm³/mol. The maximum absolute atomic E-state index is 9.59. The molecule has 0 saturated carbocycles. The van der Waals surface area contributed by atoms with Crippen LogP contribution in [0, 0.1) is 27.7 Å². The van der Waals surface area contributed by atoms with E-state index >= 15 is 0 Å². The summed E-state index contributed by atoms with van der Waals surface area (Å²) in [5, 5.41) is 9.59. The van der Waals surface area contributed by atoms with Gasteiger partial charge in [0.05, 0.1) is 6.61 Å². The Morgan fingerprint density at radius 2 is 1.56 bits per heavy atom. The van der Waals surface area contributed by atoms with Gasteiger partial charge >= 0.3 is 0 Å². The molecular formula is C14H23NO. The molecule has 1 rings (SSSR count). The summed E-state index contributed by atoms with van der Waals surface area (Å²) in [6.45, 7) is 11.0. The van der Waals surface area contributed by atoms with E-state index in [0.29, 0.717) is 6.54 Å². The number of rotatable bonds is 3. The lowest BCUT2D eigenvalue weighted by atomic mass is 9.76. The van der Waals surface area contributed by atoms with Crippen molar-refractivity contribution in [1.29, 1.82) is 0 Å². The molecule has 3 N–H and O–H groups in total. The van der Waals surface area contributed by atoms with Crippen molar-refractivity contribution in [2.75, 3.05) is 13.2 Å². The summed E-state index contributed by atoms with van der Waals surface area (Å²) in [7, 11) is 0. The van der Waals surface area contributed by atoms with E-state index in [1.165, 1.54) is 27.8 Å². The molecule has 0 fully saturated rings. The number of aryl methyl sites for hydroxylation is 2. The summed E-state index contributed by atoms with van der Waals surface area (Å²) in [4.78, 5) is 0. The van der Waals surface area contributed by atoms with Crippen molar-refractivity contribution >= 4 is 0 Å². The third-order valence-electron chi connectivity index (χ3n) is 3.77. The van der Waals surface area contributed by atoms with Gasteiger partial charge in [0.1, 0.15) is 0 Å². The van der Waals surface area contributed by atoms with E-state index in [2.05, 4.69) is 33.8 Å². The van der Waals surface area contributed by atoms with Crippen LogP contribution < -0.4 is 5.73 Å². The largest absolute Gasteiger partial charge is 0.395 e. The zero-order valence-corrected chi connectivity index (χ0v) is 11.0. The summed E-state index contributed by atoms with van der Waals surface area (Å²) < 4.78 is 0. The second kappa shape index (κ2) is 4.56. The lowest BCUT2D eigenvalue weighted by Crippen LogP contribution is -2.37. The molecule has 2 nitrogen and oxygen atoms in total. The summed E-state index contributed by atoms with van der Waals surface area (Å²) in [5.41, 5.74) is 11.8. The zero-order chi connectivity index (χ0) is 12.5. The zero-order valence-electron chi connectivity index (χ0n) is 11.0. The molecule has 1 aromatic carbocycles. The van der Waals surface area contributed by atoms with Crippen LogP contribution in [0.1, 0.15) is 34.7 Å². The Balaban J connectivity index is 3.54. The number of aliphatic hydroxyl groups excluding tert-OH is 1. The first kappa shape index (κ1) is 13.2. The fourth-order valence-electron chi connectivity index (χ4n) is 2.37. The topological polar surface area (TPSA) is 46.2 Å². The molecule has 90 valence electrons. The minimum atomic E-state index is -0.328. The molecule has 1 aromatic rings. The molecule has 0 aliphatic rings. The van der Waals surface area contributed by atoms with Crippen LogP contribution in [-0.2, 0) is 5.41 Å². The fraction of sp³-hybridized carbons (Fsp3) is 0.571. The molecule has 0 aromatic heterocycles. The molecule has 0 radical (unpaired) electrons. The van der Waals surface area contributed by atoms with Gasteiger partial charge in [-0.15, -0.1) is 0 Å². The van der Waals surface area contributed by atoms with Gasteiger partial charge in [0.2, 0.25) is 0 Å². The van der Waals surface area contributed by atoms with Crippen molar-refractivity contribution in [3.63, 3.8) is 0 Å². The van der Waals surface area contributed by atoms with Gasteiger partial charge in [-0.1, -0.05) is 13.0 Å². The number of benzene rings is 1. The molecule has 1 unspecified atom stereocenters. The van der Waals surface area contributed by atoms with E-state index in [4.69, 9.17) is 5.73 Å². The van der Waals surface area contributed by atoms with Gasteiger partial charge in [0, 0.05) is 12.0 Å². The summed E-state index contributed by atoms with van der Waals surface area (Å²) in [5.74, 6) is 0. The van der Waals surface area contributed by atoms with Gasteiger partial charge < -0.3 is 10.8 Å². The van der Waals surface area contributed by atoms with E-state index in [1.54, 1.807) is 0 Å². The van der Waals surface area contributed by atoms with Crippen LogP contribution in [0.3, 0.4) is 0 Å². The highest BCUT2D eigenvalue weighted by Gasteiger charge is 2.28. The Labute approximate surface area is 98.5 Å². The number of nitrogens with two attached hydrogens (primary N) is 1. The van der Waals surface area contributed by atoms with E-state index in [9.17, 15) is 5.11 Å². The number of hydrogen-bond acceptors (Lipinski definition) is 2. The van der Waals surface area contributed by atoms with Crippen molar-refractivity contribution in [1.82, 2.24) is 0 Å². The third-order valence-corrected chi connectivity index (χ3v) is 3.77. The number of aliphatic hydroxyl groups is 1. The smallest absolute Gasteiger partial charge is 0.0537 e. The van der Waals surface area contributed by atoms with E-state index < -0.39 is 0 Å². The molecule has 0 amide bonds. The van der Waals surface area contributed by atoms with Gasteiger partial charge in [-0.05, 0) is 55.5 Å². The van der Waals surface area contributed by atoms with Crippen LogP contribution in [-0.4, -0.2) is 18.3 Å². The van der Waals surface area contributed by atoms with E-state index in [1.807, 2.05) is 6.92 Å². The molecule has 0 bridgehead atoms. The van der Waals surface area contributed by atoms with Gasteiger partial charge in [-0.2, -0.15) is 0 Å². The average Bonchev–Trinajstić information content (AvgIpc) is 2.26. The fourth-order valence-corrected chi connectivity index (χ4v) is 2.37. The van der Waals surface area contributed by atoms with Crippen LogP contribution in [0.5, 0.6) is 0 Å². The van der Waals surface area contributed by atoms with E-state index in [0.717, 1.165) is 0 Å². The minimum absolute atomic E-state index is 0.0913. The van der Waals surface area contributed by atoms with Gasteiger partial charge in [-0.25, -0.2) is 0 Å². The molecule has 1 atom stereocenters. The van der Waals surface area contributed by atoms with Crippen molar-refractivity contribution < 1.29 is 5.11 Å². The van der Waals surface area contributed by atoms with Crippen molar-refractivity contribution in [2.45, 2.75) is 40.0 Å². The average molecular weight is 221 g/mol. The summed E-state index contributed by atoms with van der Waals surface area (Å²) in [6.07, 6.45) is 0. The minimum Gasteiger partial charge on any atom is -0.395 e. The van der Waals surface area contributed by atoms with E-state index in [-0.39, 0.29) is 12.0 Å². The van der Waals surface area contributed by atoms with Crippen molar-refractivity contribution in [3.05, 3.63) is 33.9 Å². The van der Waals surface area contributed by atoms with Gasteiger partial charge in [-0.3, -0.25) is 0 Å². The lowest BCUT2D eigenvalue weighted by Gasteiger charge is -2.31. The monoisotopic (exact) mass is 221 g/mol. The Morgan fingerprint density at radius 3 is 1.88 bits per heavy atom. The van der Waals surface area contributed by atoms with Crippen LogP contribution in [0.15, 0.2) is 6.07 Å². The van der Waals surface area contributed by atoms with Crippen LogP contribution in [0.4, 0.5) is 0 Å². The van der Waals surface area contributed by atoms with Gasteiger partial charge in [0.15, 0.2) is 0 Å². The Bertz CT molecular complexity index is 366. The SMILES string of the molecule is Cc1cc(C)c(C)c(C(C)(CN)CO)c1C. The molecule has 0 saturated heterocycles. The first-order valence-electron chi connectivity index (χ1n) is 5.76. The first-order valence-corrected chi connectivity index (χ1v) is 5.76. The van der Waals surface area contributed by atoms with Crippen molar-refractivity contribution in [3.8, 4) is 0 Å². The first-order chi connectivity index (χ1) is 7.37. The van der Waals surface area contributed by atoms with Crippen LogP contribution in [0.25, 0.3) is 0 Å². The molecule has 0 aliphatic heterocycles. The highest BCUT2D eigenvalue weighted by molar-refractivity contribution is 5.48. The maximum atomic E-state index is 9.59. The van der Waals surface area contributed by atoms with Crippen LogP contribution >= 0.6 is 0 Å². The quantitative estimate of drug-likeness (QED) is 0.821. The Kier molecular flexibility index (Phi) is 3.76. The normalized spacial score (nSPS) is 14.9. The second-order valence-corrected chi connectivity index (χ2v) is 5.06. The lowest BCUT2D eigenvalue weighted by molar-refractivity contribution is 0.209. The van der Waals surface area contributed by atoms with Crippen molar-refractivity contribution in [2.24, 2.45) is 5.73 Å². The molecule has 0 aliphatic carbocycles. The summed E-state index contributed by atoms with van der Waals surface area (Å²) in [6, 6.07) is 2.20. The van der Waals surface area contributed by atoms with Gasteiger partial charge in [0.25, 0.3) is 0 Å². The third kappa shape index (κ3) is 2.00. The molecule has 16 heavy (non-hydrogen) atoms. The Morgan fingerprint density at radius 1 is 1.12 bits per heavy atom. The highest BCUT2D eigenvalue weighted by Crippen LogP contribution is 2.32. The summed E-state index contributed by atoms with van der Waals surface area (Å²) >= 11 is 0. The van der Waals surface area contributed by atoms with Crippen LogP contribution in [0.2, 0.25) is 0 Å². The molecule has 0 spiro atoms. The molecule has 2 heteroatoms. The standard InChI is InChI=1S/C14H23NO/c1-9-6-10(2)12(4)13(11(9)3)14(5,7-15)8-16/h6,16H,7-8,15H2,1-5H3. The maximum Gasteiger partial charge on any atom is 0.0537 e.